The number of hydrogen-bond acceptors (Lipinski definition) is 3. The molecule has 0 fully saturated rings. The Bertz CT molecular complexity index is 693. The minimum atomic E-state index is -0.272. The van der Waals surface area contributed by atoms with Crippen molar-refractivity contribution in [3.05, 3.63) is 35.9 Å². The smallest absolute Gasteiger partial charge is 0.220 e. The predicted molar refractivity (Wildman–Crippen MR) is 85.1 cm³/mol. The molecule has 1 aliphatic rings. The summed E-state index contributed by atoms with van der Waals surface area (Å²) in [6.45, 7) is 4.72. The van der Waals surface area contributed by atoms with Crippen molar-refractivity contribution < 1.29 is 9.18 Å². The van der Waals surface area contributed by atoms with Crippen LogP contribution in [0.15, 0.2) is 24.3 Å². The second kappa shape index (κ2) is 6.48. The zero-order chi connectivity index (χ0) is 16.4. The first-order chi connectivity index (χ1) is 11.0. The summed E-state index contributed by atoms with van der Waals surface area (Å²) >= 11 is 0. The van der Waals surface area contributed by atoms with Crippen LogP contribution in [0.4, 0.5) is 4.39 Å². The van der Waals surface area contributed by atoms with Crippen molar-refractivity contribution in [2.75, 3.05) is 0 Å². The van der Waals surface area contributed by atoms with Gasteiger partial charge in [0.1, 0.15) is 11.6 Å². The number of aryl methyl sites for hydroxylation is 1. The highest BCUT2D eigenvalue weighted by molar-refractivity contribution is 5.76. The van der Waals surface area contributed by atoms with Crippen LogP contribution in [0.2, 0.25) is 0 Å². The molecule has 2 aromatic rings. The number of nitrogens with one attached hydrogen (secondary N) is 1. The van der Waals surface area contributed by atoms with E-state index in [2.05, 4.69) is 15.5 Å². The fourth-order valence-electron chi connectivity index (χ4n) is 2.91. The van der Waals surface area contributed by atoms with Crippen molar-refractivity contribution in [2.24, 2.45) is 5.92 Å². The third-order valence-electron chi connectivity index (χ3n) is 4.01. The lowest BCUT2D eigenvalue weighted by molar-refractivity contribution is -0.122. The summed E-state index contributed by atoms with van der Waals surface area (Å²) in [7, 11) is 0. The average molecular weight is 316 g/mol. The zero-order valence-corrected chi connectivity index (χ0v) is 13.4. The van der Waals surface area contributed by atoms with Gasteiger partial charge in [0.15, 0.2) is 5.82 Å². The van der Waals surface area contributed by atoms with E-state index < -0.39 is 0 Å². The predicted octanol–water partition coefficient (Wildman–Crippen LogP) is 2.56. The van der Waals surface area contributed by atoms with Crippen LogP contribution in [-0.4, -0.2) is 26.7 Å². The highest BCUT2D eigenvalue weighted by Crippen LogP contribution is 2.23. The maximum absolute atomic E-state index is 13.1. The summed E-state index contributed by atoms with van der Waals surface area (Å²) in [5.41, 5.74) is 0.833. The standard InChI is InChI=1S/C17H21FN4O/c1-11(2)9-16(23)19-14-7-8-15-20-21-17(22(15)10-14)12-3-5-13(18)6-4-12/h3-6,11,14H,7-10H2,1-2H3,(H,19,23). The number of hydrogen-bond donors (Lipinski definition) is 1. The minimum Gasteiger partial charge on any atom is -0.352 e. The van der Waals surface area contributed by atoms with Crippen LogP contribution >= 0.6 is 0 Å². The van der Waals surface area contributed by atoms with Gasteiger partial charge in [-0.2, -0.15) is 0 Å². The molecule has 1 aromatic heterocycles. The van der Waals surface area contributed by atoms with Crippen LogP contribution in [0.3, 0.4) is 0 Å². The van der Waals surface area contributed by atoms with Gasteiger partial charge in [-0.1, -0.05) is 13.8 Å². The average Bonchev–Trinajstić information content (AvgIpc) is 2.90. The van der Waals surface area contributed by atoms with Gasteiger partial charge >= 0.3 is 0 Å². The summed E-state index contributed by atoms with van der Waals surface area (Å²) in [5.74, 6) is 1.80. The molecule has 0 saturated heterocycles. The molecule has 1 N–H and O–H groups in total. The van der Waals surface area contributed by atoms with Gasteiger partial charge in [0.05, 0.1) is 0 Å². The van der Waals surface area contributed by atoms with Gasteiger partial charge < -0.3 is 9.88 Å². The minimum absolute atomic E-state index is 0.0870. The summed E-state index contributed by atoms with van der Waals surface area (Å²) in [6.07, 6.45) is 2.18. The molecule has 0 bridgehead atoms. The van der Waals surface area contributed by atoms with Gasteiger partial charge in [0, 0.05) is 31.0 Å². The van der Waals surface area contributed by atoms with Gasteiger partial charge in [0.25, 0.3) is 0 Å². The summed E-state index contributed by atoms with van der Waals surface area (Å²) in [6, 6.07) is 6.33. The maximum atomic E-state index is 13.1. The van der Waals surface area contributed by atoms with Crippen LogP contribution in [0.25, 0.3) is 11.4 Å². The first-order valence-corrected chi connectivity index (χ1v) is 8.00. The molecule has 5 nitrogen and oxygen atoms in total. The lowest BCUT2D eigenvalue weighted by Crippen LogP contribution is -2.41. The van der Waals surface area contributed by atoms with Crippen molar-refractivity contribution >= 4 is 5.91 Å². The molecule has 0 spiro atoms. The van der Waals surface area contributed by atoms with E-state index in [1.165, 1.54) is 12.1 Å². The molecule has 0 saturated carbocycles. The molecule has 122 valence electrons. The Hall–Kier alpha value is -2.24. The van der Waals surface area contributed by atoms with E-state index in [-0.39, 0.29) is 17.8 Å². The third kappa shape index (κ3) is 3.57. The van der Waals surface area contributed by atoms with E-state index in [1.54, 1.807) is 12.1 Å². The number of rotatable bonds is 4. The fourth-order valence-corrected chi connectivity index (χ4v) is 2.91. The van der Waals surface area contributed by atoms with Crippen molar-refractivity contribution in [1.82, 2.24) is 20.1 Å². The number of aromatic nitrogens is 3. The maximum Gasteiger partial charge on any atom is 0.220 e. The van der Waals surface area contributed by atoms with Crippen LogP contribution in [0, 0.1) is 11.7 Å². The highest BCUT2D eigenvalue weighted by Gasteiger charge is 2.24. The molecule has 1 aliphatic heterocycles. The summed E-state index contributed by atoms with van der Waals surface area (Å²) < 4.78 is 15.1. The second-order valence-corrected chi connectivity index (χ2v) is 6.46. The largest absolute Gasteiger partial charge is 0.352 e. The van der Waals surface area contributed by atoms with Crippen molar-refractivity contribution in [3.8, 4) is 11.4 Å². The number of carbonyl (C=O) groups is 1. The Morgan fingerprint density at radius 1 is 1.35 bits per heavy atom. The van der Waals surface area contributed by atoms with E-state index in [1.807, 2.05) is 18.4 Å². The Balaban J connectivity index is 1.76. The molecular formula is C17H21FN4O. The Morgan fingerprint density at radius 2 is 2.09 bits per heavy atom. The molecule has 1 aromatic carbocycles. The molecule has 0 radical (unpaired) electrons. The Labute approximate surface area is 134 Å². The zero-order valence-electron chi connectivity index (χ0n) is 13.4. The van der Waals surface area contributed by atoms with Gasteiger partial charge in [-0.3, -0.25) is 4.79 Å². The topological polar surface area (TPSA) is 59.8 Å². The third-order valence-corrected chi connectivity index (χ3v) is 4.01. The number of fused-ring (bicyclic) bond motifs is 1. The molecule has 1 unspecified atom stereocenters. The fraction of sp³-hybridized carbons (Fsp3) is 0.471. The van der Waals surface area contributed by atoms with Crippen LogP contribution < -0.4 is 5.32 Å². The molecule has 2 heterocycles. The summed E-state index contributed by atoms with van der Waals surface area (Å²) in [4.78, 5) is 12.0. The van der Waals surface area contributed by atoms with Crippen LogP contribution in [0.5, 0.6) is 0 Å². The number of halogens is 1. The van der Waals surface area contributed by atoms with Gasteiger partial charge in [-0.15, -0.1) is 10.2 Å². The van der Waals surface area contributed by atoms with Crippen molar-refractivity contribution in [2.45, 2.75) is 45.7 Å². The molecule has 23 heavy (non-hydrogen) atoms. The lowest BCUT2D eigenvalue weighted by atomic mass is 10.0. The highest BCUT2D eigenvalue weighted by atomic mass is 19.1. The van der Waals surface area contributed by atoms with Crippen molar-refractivity contribution in [3.63, 3.8) is 0 Å². The first-order valence-electron chi connectivity index (χ1n) is 8.00. The molecule has 1 atom stereocenters. The molecule has 0 aliphatic carbocycles. The van der Waals surface area contributed by atoms with Crippen LogP contribution in [-0.2, 0) is 17.8 Å². The first kappa shape index (κ1) is 15.6. The normalized spacial score (nSPS) is 17.1. The summed E-state index contributed by atoms with van der Waals surface area (Å²) in [5, 5.41) is 11.6. The van der Waals surface area contributed by atoms with E-state index in [0.29, 0.717) is 18.9 Å². The monoisotopic (exact) mass is 316 g/mol. The molecular weight excluding hydrogens is 295 g/mol. The van der Waals surface area contributed by atoms with Crippen LogP contribution in [0.1, 0.15) is 32.5 Å². The lowest BCUT2D eigenvalue weighted by Gasteiger charge is -2.25. The SMILES string of the molecule is CC(C)CC(=O)NC1CCc2nnc(-c3ccc(F)cc3)n2C1. The second-order valence-electron chi connectivity index (χ2n) is 6.46. The van der Waals surface area contributed by atoms with E-state index >= 15 is 0 Å². The number of amides is 1. The molecule has 6 heteroatoms. The number of carbonyl (C=O) groups excluding carboxylic acids is 1. The van der Waals surface area contributed by atoms with Gasteiger partial charge in [-0.05, 0) is 36.6 Å². The molecule has 3 rings (SSSR count). The molecule has 1 amide bonds. The van der Waals surface area contributed by atoms with E-state index in [9.17, 15) is 9.18 Å². The number of nitrogens with zero attached hydrogens (tertiary/aromatic N) is 3. The quantitative estimate of drug-likeness (QED) is 0.943. The van der Waals surface area contributed by atoms with E-state index in [0.717, 1.165) is 30.1 Å². The Kier molecular flexibility index (Phi) is 4.41. The van der Waals surface area contributed by atoms with Gasteiger partial charge in [0.2, 0.25) is 5.91 Å². The Morgan fingerprint density at radius 3 is 2.78 bits per heavy atom. The van der Waals surface area contributed by atoms with E-state index in [4.69, 9.17) is 0 Å². The van der Waals surface area contributed by atoms with Crippen molar-refractivity contribution in [1.29, 1.82) is 0 Å². The van der Waals surface area contributed by atoms with Gasteiger partial charge in [-0.25, -0.2) is 4.39 Å². The number of benzene rings is 1.